The van der Waals surface area contributed by atoms with Gasteiger partial charge in [0.25, 0.3) is 5.91 Å². The van der Waals surface area contributed by atoms with Crippen molar-refractivity contribution in [1.29, 1.82) is 5.41 Å². The van der Waals surface area contributed by atoms with E-state index in [4.69, 9.17) is 15.9 Å². The quantitative estimate of drug-likeness (QED) is 0.297. The van der Waals surface area contributed by atoms with Gasteiger partial charge in [-0.3, -0.25) is 10.2 Å². The highest BCUT2D eigenvalue weighted by atomic mass is 16.5. The second kappa shape index (κ2) is 9.14. The summed E-state index contributed by atoms with van der Waals surface area (Å²) < 4.78 is 5.75. The van der Waals surface area contributed by atoms with E-state index >= 15 is 0 Å². The number of ether oxygens (including phenoxy) is 1. The first kappa shape index (κ1) is 21.4. The van der Waals surface area contributed by atoms with Crippen molar-refractivity contribution < 1.29 is 9.53 Å². The summed E-state index contributed by atoms with van der Waals surface area (Å²) >= 11 is 0. The van der Waals surface area contributed by atoms with Crippen molar-refractivity contribution in [1.82, 2.24) is 0 Å². The summed E-state index contributed by atoms with van der Waals surface area (Å²) in [6.45, 7) is 2.68. The lowest BCUT2D eigenvalue weighted by Gasteiger charge is -2.15. The fraction of sp³-hybridized carbons (Fsp3) is 0.231. The number of nitrogens with two attached hydrogens (primary N) is 1. The number of hydrogen-bond donors (Lipinski definition) is 4. The fourth-order valence-electron chi connectivity index (χ4n) is 3.56. The number of aryl methyl sites for hydroxylation is 1. The molecule has 3 aromatic rings. The topological polar surface area (TPSA) is 100 Å². The molecular weight excluding hydrogens is 400 g/mol. The Morgan fingerprint density at radius 1 is 1.06 bits per heavy atom. The number of benzene rings is 3. The van der Waals surface area contributed by atoms with Crippen LogP contribution in [0.4, 0.5) is 17.1 Å². The van der Waals surface area contributed by atoms with Gasteiger partial charge in [0, 0.05) is 40.8 Å². The Labute approximate surface area is 188 Å². The zero-order valence-corrected chi connectivity index (χ0v) is 18.4. The minimum atomic E-state index is -0.234. The molecule has 1 saturated carbocycles. The van der Waals surface area contributed by atoms with Crippen molar-refractivity contribution in [3.05, 3.63) is 82.9 Å². The van der Waals surface area contributed by atoms with Crippen LogP contribution >= 0.6 is 0 Å². The van der Waals surface area contributed by atoms with Crippen molar-refractivity contribution in [2.45, 2.75) is 19.8 Å². The first-order valence-corrected chi connectivity index (χ1v) is 10.8. The molecule has 0 saturated heterocycles. The average Bonchev–Trinajstić information content (AvgIpc) is 3.62. The third kappa shape index (κ3) is 4.91. The summed E-state index contributed by atoms with van der Waals surface area (Å²) in [5.41, 5.74) is 11.1. The Bertz CT molecular complexity index is 1150. The Balaban J connectivity index is 1.52. The molecule has 0 bridgehead atoms. The molecule has 0 aliphatic heterocycles. The third-order valence-corrected chi connectivity index (χ3v) is 5.64. The molecule has 0 aromatic heterocycles. The predicted molar refractivity (Wildman–Crippen MR) is 130 cm³/mol. The number of nitrogen functional groups attached to an aromatic ring is 1. The number of nitrogens with one attached hydrogen (secondary N) is 3. The molecule has 6 nitrogen and oxygen atoms in total. The van der Waals surface area contributed by atoms with Gasteiger partial charge < -0.3 is 21.1 Å². The molecule has 5 N–H and O–H groups in total. The smallest absolute Gasteiger partial charge is 0.255 e. The van der Waals surface area contributed by atoms with Gasteiger partial charge in [-0.25, -0.2) is 0 Å². The van der Waals surface area contributed by atoms with E-state index < -0.39 is 0 Å². The van der Waals surface area contributed by atoms with Crippen LogP contribution in [-0.2, 0) is 0 Å². The molecular formula is C26H28N4O2. The van der Waals surface area contributed by atoms with Gasteiger partial charge in [-0.1, -0.05) is 6.07 Å². The molecule has 1 aliphatic rings. The summed E-state index contributed by atoms with van der Waals surface area (Å²) in [5.74, 6) is 1.27. The molecule has 1 aliphatic carbocycles. The van der Waals surface area contributed by atoms with Crippen LogP contribution in [0.15, 0.2) is 60.7 Å². The summed E-state index contributed by atoms with van der Waals surface area (Å²) in [6, 6.07) is 18.2. The molecule has 0 atom stereocenters. The maximum Gasteiger partial charge on any atom is 0.255 e. The monoisotopic (exact) mass is 428 g/mol. The molecule has 0 radical (unpaired) electrons. The Hall–Kier alpha value is -3.80. The molecule has 6 heteroatoms. The van der Waals surface area contributed by atoms with Crippen LogP contribution in [-0.4, -0.2) is 25.3 Å². The van der Waals surface area contributed by atoms with Crippen LogP contribution in [0.2, 0.25) is 0 Å². The summed E-state index contributed by atoms with van der Waals surface area (Å²) in [6.07, 6.45) is 2.50. The molecule has 0 heterocycles. The predicted octanol–water partition coefficient (Wildman–Crippen LogP) is 5.08. The molecule has 4 rings (SSSR count). The largest absolute Gasteiger partial charge is 0.493 e. The van der Waals surface area contributed by atoms with Crippen LogP contribution in [0, 0.1) is 18.3 Å². The number of hydrogen-bond acceptors (Lipinski definition) is 5. The van der Waals surface area contributed by atoms with Crippen molar-refractivity contribution in [3.8, 4) is 5.75 Å². The van der Waals surface area contributed by atoms with Gasteiger partial charge in [0.1, 0.15) is 5.75 Å². The highest BCUT2D eigenvalue weighted by Gasteiger charge is 2.22. The average molecular weight is 429 g/mol. The maximum absolute atomic E-state index is 12.9. The Morgan fingerprint density at radius 2 is 1.81 bits per heavy atom. The van der Waals surface area contributed by atoms with Gasteiger partial charge in [0.2, 0.25) is 0 Å². The lowest BCUT2D eigenvalue weighted by atomic mass is 9.95. The van der Waals surface area contributed by atoms with Crippen LogP contribution < -0.4 is 21.1 Å². The first-order chi connectivity index (χ1) is 15.4. The van der Waals surface area contributed by atoms with Crippen molar-refractivity contribution >= 4 is 28.7 Å². The minimum Gasteiger partial charge on any atom is -0.493 e. The summed E-state index contributed by atoms with van der Waals surface area (Å²) in [7, 11) is 1.80. The molecule has 3 aromatic carbocycles. The van der Waals surface area contributed by atoms with Crippen LogP contribution in [0.3, 0.4) is 0 Å². The van der Waals surface area contributed by atoms with E-state index in [1.807, 2.05) is 49.4 Å². The van der Waals surface area contributed by atoms with Crippen LogP contribution in [0.1, 0.15) is 39.9 Å². The van der Waals surface area contributed by atoms with Crippen molar-refractivity contribution in [2.24, 2.45) is 5.92 Å². The van der Waals surface area contributed by atoms with Gasteiger partial charge in [0.15, 0.2) is 0 Å². The van der Waals surface area contributed by atoms with E-state index in [2.05, 4.69) is 10.6 Å². The highest BCUT2D eigenvalue weighted by molar-refractivity contribution is 6.16. The van der Waals surface area contributed by atoms with E-state index in [1.165, 1.54) is 12.8 Å². The van der Waals surface area contributed by atoms with Gasteiger partial charge in [-0.15, -0.1) is 0 Å². The molecule has 1 amide bonds. The summed E-state index contributed by atoms with van der Waals surface area (Å²) in [4.78, 5) is 12.9. The van der Waals surface area contributed by atoms with Gasteiger partial charge in [-0.05, 0) is 85.8 Å². The third-order valence-electron chi connectivity index (χ3n) is 5.64. The number of amides is 1. The number of rotatable bonds is 8. The summed E-state index contributed by atoms with van der Waals surface area (Å²) in [5, 5.41) is 14.8. The zero-order valence-electron chi connectivity index (χ0n) is 18.4. The number of carbonyl (C=O) groups is 1. The van der Waals surface area contributed by atoms with E-state index in [-0.39, 0.29) is 5.91 Å². The second-order valence-corrected chi connectivity index (χ2v) is 8.19. The van der Waals surface area contributed by atoms with E-state index in [9.17, 15) is 4.79 Å². The van der Waals surface area contributed by atoms with Crippen LogP contribution in [0.25, 0.3) is 0 Å². The van der Waals surface area contributed by atoms with Gasteiger partial charge >= 0.3 is 0 Å². The number of carbonyl (C=O) groups excluding carboxylic acids is 1. The Morgan fingerprint density at radius 3 is 2.47 bits per heavy atom. The normalized spacial score (nSPS) is 12.8. The zero-order chi connectivity index (χ0) is 22.7. The maximum atomic E-state index is 12.9. The lowest BCUT2D eigenvalue weighted by molar-refractivity contribution is 0.102. The molecule has 164 valence electrons. The van der Waals surface area contributed by atoms with E-state index in [0.717, 1.165) is 29.2 Å². The molecule has 1 fully saturated rings. The SMILES string of the molecule is CNc1ccc(C(=O)Nc2ccc(OCC3CC3)cc2)cc1C(=N)c1ccc(N)cc1C. The van der Waals surface area contributed by atoms with Crippen LogP contribution in [0.5, 0.6) is 5.75 Å². The second-order valence-electron chi connectivity index (χ2n) is 8.19. The molecule has 0 spiro atoms. The van der Waals surface area contributed by atoms with Crippen molar-refractivity contribution in [3.63, 3.8) is 0 Å². The fourth-order valence-corrected chi connectivity index (χ4v) is 3.56. The lowest BCUT2D eigenvalue weighted by Crippen LogP contribution is -2.14. The number of anilines is 3. The van der Waals surface area contributed by atoms with Crippen molar-refractivity contribution in [2.75, 3.05) is 30.0 Å². The van der Waals surface area contributed by atoms with E-state index in [1.54, 1.807) is 25.2 Å². The molecule has 0 unspecified atom stereocenters. The first-order valence-electron chi connectivity index (χ1n) is 10.8. The molecule has 32 heavy (non-hydrogen) atoms. The minimum absolute atomic E-state index is 0.234. The van der Waals surface area contributed by atoms with Gasteiger partial charge in [0.05, 0.1) is 12.3 Å². The Kier molecular flexibility index (Phi) is 6.12. The highest BCUT2D eigenvalue weighted by Crippen LogP contribution is 2.30. The standard InChI is InChI=1S/C26H28N4O2/c1-16-13-19(27)6-11-22(16)25(28)23-14-18(5-12-24(23)29-2)26(31)30-20-7-9-21(10-8-20)32-15-17-3-4-17/h5-14,17,28-29H,3-4,15,27H2,1-2H3,(H,30,31). The van der Waals surface area contributed by atoms with Gasteiger partial charge in [-0.2, -0.15) is 0 Å². The van der Waals surface area contributed by atoms with E-state index in [0.29, 0.717) is 34.1 Å².